The second kappa shape index (κ2) is 5.57. The van der Waals surface area contributed by atoms with Gasteiger partial charge in [0.15, 0.2) is 0 Å². The summed E-state index contributed by atoms with van der Waals surface area (Å²) in [5.41, 5.74) is 1.06. The van der Waals surface area contributed by atoms with Gasteiger partial charge in [0.05, 0.1) is 24.7 Å². The number of amides is 1. The number of aromatic nitrogens is 4. The van der Waals surface area contributed by atoms with Crippen LogP contribution in [0.1, 0.15) is 15.4 Å². The SMILES string of the molecule is COC(=O)Cn1cc(NC(=O)c2snnc2C)cn1. The number of anilines is 1. The van der Waals surface area contributed by atoms with Crippen molar-refractivity contribution < 1.29 is 14.3 Å². The highest BCUT2D eigenvalue weighted by molar-refractivity contribution is 7.08. The van der Waals surface area contributed by atoms with Gasteiger partial charge in [0, 0.05) is 6.20 Å². The zero-order valence-electron chi connectivity index (χ0n) is 10.3. The van der Waals surface area contributed by atoms with E-state index in [1.807, 2.05) is 0 Å². The molecule has 2 rings (SSSR count). The summed E-state index contributed by atoms with van der Waals surface area (Å²) in [4.78, 5) is 23.4. The molecule has 0 aromatic carbocycles. The summed E-state index contributed by atoms with van der Waals surface area (Å²) in [6, 6.07) is 0. The molecule has 0 fully saturated rings. The Morgan fingerprint density at radius 2 is 2.32 bits per heavy atom. The van der Waals surface area contributed by atoms with Crippen LogP contribution < -0.4 is 5.32 Å². The van der Waals surface area contributed by atoms with Gasteiger partial charge in [-0.1, -0.05) is 4.49 Å². The Morgan fingerprint density at radius 1 is 1.53 bits per heavy atom. The number of esters is 1. The summed E-state index contributed by atoms with van der Waals surface area (Å²) in [5.74, 6) is -0.714. The van der Waals surface area contributed by atoms with Crippen molar-refractivity contribution in [3.63, 3.8) is 0 Å². The van der Waals surface area contributed by atoms with E-state index in [0.717, 1.165) is 11.5 Å². The predicted molar refractivity (Wildman–Crippen MR) is 66.8 cm³/mol. The maximum absolute atomic E-state index is 11.9. The number of hydrogen-bond acceptors (Lipinski definition) is 7. The number of methoxy groups -OCH3 is 1. The van der Waals surface area contributed by atoms with E-state index in [0.29, 0.717) is 16.3 Å². The van der Waals surface area contributed by atoms with Crippen molar-refractivity contribution in [3.05, 3.63) is 23.0 Å². The van der Waals surface area contributed by atoms with Crippen molar-refractivity contribution in [3.8, 4) is 0 Å². The third-order valence-corrected chi connectivity index (χ3v) is 3.09. The van der Waals surface area contributed by atoms with Gasteiger partial charge < -0.3 is 10.1 Å². The van der Waals surface area contributed by atoms with Gasteiger partial charge in [-0.3, -0.25) is 14.3 Å². The van der Waals surface area contributed by atoms with Gasteiger partial charge in [-0.2, -0.15) is 5.10 Å². The number of carbonyl (C=O) groups excluding carboxylic acids is 2. The average Bonchev–Trinajstić information content (AvgIpc) is 2.98. The first kappa shape index (κ1) is 13.1. The molecule has 0 aliphatic carbocycles. The molecule has 1 amide bonds. The first-order chi connectivity index (χ1) is 9.10. The number of hydrogen-bond donors (Lipinski definition) is 1. The first-order valence-corrected chi connectivity index (χ1v) is 6.07. The molecule has 0 saturated carbocycles. The molecule has 100 valence electrons. The second-order valence-corrected chi connectivity index (χ2v) is 4.40. The Balaban J connectivity index is 2.02. The molecule has 0 aliphatic rings. The molecule has 19 heavy (non-hydrogen) atoms. The predicted octanol–water partition coefficient (Wildman–Crippen LogP) is 0.468. The molecule has 2 aromatic heterocycles. The maximum Gasteiger partial charge on any atom is 0.327 e. The van der Waals surface area contributed by atoms with Crippen molar-refractivity contribution >= 4 is 29.1 Å². The van der Waals surface area contributed by atoms with Crippen LogP contribution in [0.15, 0.2) is 12.4 Å². The molecule has 0 radical (unpaired) electrons. The maximum atomic E-state index is 11.9. The molecule has 1 N–H and O–H groups in total. The van der Waals surface area contributed by atoms with Gasteiger partial charge >= 0.3 is 5.97 Å². The zero-order chi connectivity index (χ0) is 13.8. The first-order valence-electron chi connectivity index (χ1n) is 5.29. The number of carbonyl (C=O) groups is 2. The lowest BCUT2D eigenvalue weighted by Gasteiger charge is -2.00. The minimum atomic E-state index is -0.413. The lowest BCUT2D eigenvalue weighted by Crippen LogP contribution is -2.12. The summed E-state index contributed by atoms with van der Waals surface area (Å²) >= 11 is 1.02. The Labute approximate surface area is 112 Å². The Hall–Kier alpha value is -2.29. The Kier molecular flexibility index (Phi) is 3.85. The fourth-order valence-corrected chi connectivity index (χ4v) is 1.89. The number of rotatable bonds is 4. The lowest BCUT2D eigenvalue weighted by atomic mass is 10.3. The van der Waals surface area contributed by atoms with Crippen LogP contribution in [0.4, 0.5) is 5.69 Å². The largest absolute Gasteiger partial charge is 0.468 e. The van der Waals surface area contributed by atoms with Crippen LogP contribution in [0.25, 0.3) is 0 Å². The van der Waals surface area contributed by atoms with E-state index in [1.54, 1.807) is 13.1 Å². The van der Waals surface area contributed by atoms with Gasteiger partial charge in [0.1, 0.15) is 11.4 Å². The second-order valence-electron chi connectivity index (χ2n) is 3.64. The van der Waals surface area contributed by atoms with E-state index >= 15 is 0 Å². The van der Waals surface area contributed by atoms with Gasteiger partial charge in [0.2, 0.25) is 0 Å². The molecule has 2 heterocycles. The van der Waals surface area contributed by atoms with Gasteiger partial charge in [-0.05, 0) is 18.5 Å². The summed E-state index contributed by atoms with van der Waals surface area (Å²) in [7, 11) is 1.30. The normalized spacial score (nSPS) is 10.2. The topological polar surface area (TPSA) is 99.0 Å². The third kappa shape index (κ3) is 3.13. The Bertz CT molecular complexity index is 606. The Morgan fingerprint density at radius 3 is 2.95 bits per heavy atom. The molecule has 0 bridgehead atoms. The highest BCUT2D eigenvalue weighted by atomic mass is 32.1. The summed E-state index contributed by atoms with van der Waals surface area (Å²) in [6.45, 7) is 1.70. The van der Waals surface area contributed by atoms with Gasteiger partial charge in [-0.25, -0.2) is 0 Å². The summed E-state index contributed by atoms with van der Waals surface area (Å²) < 4.78 is 9.58. The van der Waals surface area contributed by atoms with Crippen LogP contribution >= 0.6 is 11.5 Å². The van der Waals surface area contributed by atoms with E-state index in [1.165, 1.54) is 18.0 Å². The standard InChI is InChI=1S/C10H11N5O3S/c1-6-9(19-14-13-6)10(17)12-7-3-11-15(4-7)5-8(16)18-2/h3-4H,5H2,1-2H3,(H,12,17). The quantitative estimate of drug-likeness (QED) is 0.818. The van der Waals surface area contributed by atoms with E-state index < -0.39 is 5.97 Å². The van der Waals surface area contributed by atoms with E-state index in [2.05, 4.69) is 24.7 Å². The van der Waals surface area contributed by atoms with Crippen molar-refractivity contribution in [1.82, 2.24) is 19.4 Å². The monoisotopic (exact) mass is 281 g/mol. The highest BCUT2D eigenvalue weighted by Crippen LogP contribution is 2.13. The molecule has 0 unspecified atom stereocenters. The smallest absolute Gasteiger partial charge is 0.327 e. The van der Waals surface area contributed by atoms with Crippen molar-refractivity contribution in [2.24, 2.45) is 0 Å². The average molecular weight is 281 g/mol. The fraction of sp³-hybridized carbons (Fsp3) is 0.300. The zero-order valence-corrected chi connectivity index (χ0v) is 11.1. The lowest BCUT2D eigenvalue weighted by molar-refractivity contribution is -0.141. The molecule has 0 spiro atoms. The minimum absolute atomic E-state index is 0.00644. The van der Waals surface area contributed by atoms with Gasteiger partial charge in [-0.15, -0.1) is 5.10 Å². The number of nitrogens with one attached hydrogen (secondary N) is 1. The molecule has 9 heteroatoms. The molecule has 8 nitrogen and oxygen atoms in total. The van der Waals surface area contributed by atoms with Crippen LogP contribution in [-0.4, -0.2) is 38.4 Å². The van der Waals surface area contributed by atoms with E-state index in [-0.39, 0.29) is 12.5 Å². The van der Waals surface area contributed by atoms with Crippen LogP contribution in [0.3, 0.4) is 0 Å². The molecule has 0 saturated heterocycles. The number of nitrogens with zero attached hydrogens (tertiary/aromatic N) is 4. The number of ether oxygens (including phenoxy) is 1. The van der Waals surface area contributed by atoms with Crippen molar-refractivity contribution in [1.29, 1.82) is 0 Å². The van der Waals surface area contributed by atoms with Crippen LogP contribution in [0.2, 0.25) is 0 Å². The summed E-state index contributed by atoms with van der Waals surface area (Å²) in [6.07, 6.45) is 2.99. The van der Waals surface area contributed by atoms with E-state index in [9.17, 15) is 9.59 Å². The third-order valence-electron chi connectivity index (χ3n) is 2.27. The van der Waals surface area contributed by atoms with Gasteiger partial charge in [0.25, 0.3) is 5.91 Å². The summed E-state index contributed by atoms with van der Waals surface area (Å²) in [5, 5.41) is 10.3. The fourth-order valence-electron chi connectivity index (χ4n) is 1.34. The molecule has 0 atom stereocenters. The van der Waals surface area contributed by atoms with Crippen LogP contribution in [0.5, 0.6) is 0 Å². The van der Waals surface area contributed by atoms with Crippen molar-refractivity contribution in [2.45, 2.75) is 13.5 Å². The molecule has 0 aliphatic heterocycles. The molecular weight excluding hydrogens is 270 g/mol. The van der Waals surface area contributed by atoms with Crippen LogP contribution in [0, 0.1) is 6.92 Å². The highest BCUT2D eigenvalue weighted by Gasteiger charge is 2.14. The molecular formula is C10H11N5O3S. The van der Waals surface area contributed by atoms with E-state index in [4.69, 9.17) is 0 Å². The number of aryl methyl sites for hydroxylation is 1. The molecule has 2 aromatic rings. The van der Waals surface area contributed by atoms with Crippen molar-refractivity contribution in [2.75, 3.05) is 12.4 Å². The van der Waals surface area contributed by atoms with Crippen LogP contribution in [-0.2, 0) is 16.1 Å². The minimum Gasteiger partial charge on any atom is -0.468 e.